The fourth-order valence-electron chi connectivity index (χ4n) is 3.18. The second-order valence-corrected chi connectivity index (χ2v) is 9.81. The van der Waals surface area contributed by atoms with Crippen LogP contribution < -0.4 is 4.74 Å². The topological polar surface area (TPSA) is 84.7 Å². The second kappa shape index (κ2) is 8.96. The molecule has 1 aromatic carbocycles. The molecule has 29 heavy (non-hydrogen) atoms. The molecule has 1 amide bonds. The molecule has 1 aliphatic rings. The van der Waals surface area contributed by atoms with E-state index < -0.39 is 9.84 Å². The summed E-state index contributed by atoms with van der Waals surface area (Å²) in [6.07, 6.45) is 2.98. The Morgan fingerprint density at radius 2 is 1.86 bits per heavy atom. The molecule has 0 unspecified atom stereocenters. The molecule has 1 aromatic heterocycles. The summed E-state index contributed by atoms with van der Waals surface area (Å²) in [7, 11) is -2.97. The molecule has 3 rings (SSSR count). The number of carbonyl (C=O) groups is 1. The smallest absolute Gasteiger partial charge is 0.274 e. The van der Waals surface area contributed by atoms with Gasteiger partial charge in [0.2, 0.25) is 0 Å². The molecule has 2 aromatic rings. The summed E-state index contributed by atoms with van der Waals surface area (Å²) in [6.45, 7) is 7.20. The molecular weight excluding hydrogens is 392 g/mol. The number of nitrogens with zero attached hydrogens (tertiary/aromatic N) is 4. The Kier molecular flexibility index (Phi) is 6.59. The highest BCUT2D eigenvalue weighted by atomic mass is 32.2. The molecule has 8 nitrogen and oxygen atoms in total. The monoisotopic (exact) mass is 420 g/mol. The maximum Gasteiger partial charge on any atom is 0.274 e. The van der Waals surface area contributed by atoms with Gasteiger partial charge in [0, 0.05) is 45.2 Å². The Balaban J connectivity index is 1.51. The van der Waals surface area contributed by atoms with Crippen LogP contribution in [0.15, 0.2) is 30.5 Å². The van der Waals surface area contributed by atoms with E-state index in [0.29, 0.717) is 38.4 Å². The van der Waals surface area contributed by atoms with Crippen LogP contribution >= 0.6 is 0 Å². The number of amides is 1. The van der Waals surface area contributed by atoms with Gasteiger partial charge >= 0.3 is 0 Å². The Morgan fingerprint density at radius 1 is 1.14 bits per heavy atom. The maximum absolute atomic E-state index is 12.7. The van der Waals surface area contributed by atoms with Crippen LogP contribution in [-0.2, 0) is 16.6 Å². The van der Waals surface area contributed by atoms with Crippen molar-refractivity contribution in [3.63, 3.8) is 0 Å². The summed E-state index contributed by atoms with van der Waals surface area (Å²) < 4.78 is 30.0. The van der Waals surface area contributed by atoms with Crippen LogP contribution in [0, 0.1) is 13.8 Å². The first-order valence-corrected chi connectivity index (χ1v) is 11.7. The molecular formula is C20H28N4O4S. The van der Waals surface area contributed by atoms with Crippen LogP contribution in [0.4, 0.5) is 0 Å². The van der Waals surface area contributed by atoms with Gasteiger partial charge in [-0.15, -0.1) is 0 Å². The third-order valence-corrected chi connectivity index (χ3v) is 5.92. The molecule has 1 saturated heterocycles. The number of aromatic nitrogens is 2. The van der Waals surface area contributed by atoms with Crippen molar-refractivity contribution in [3.05, 3.63) is 47.3 Å². The zero-order valence-electron chi connectivity index (χ0n) is 17.2. The molecule has 0 N–H and O–H groups in total. The second-order valence-electron chi connectivity index (χ2n) is 7.55. The zero-order valence-corrected chi connectivity index (χ0v) is 18.0. The highest BCUT2D eigenvalue weighted by Gasteiger charge is 2.24. The average Bonchev–Trinajstić information content (AvgIpc) is 3.15. The summed E-state index contributed by atoms with van der Waals surface area (Å²) in [5.74, 6) is 0.836. The third-order valence-electron chi connectivity index (χ3n) is 4.99. The molecule has 0 bridgehead atoms. The van der Waals surface area contributed by atoms with E-state index in [4.69, 9.17) is 4.74 Å². The Bertz CT molecular complexity index is 963. The number of hydrogen-bond acceptors (Lipinski definition) is 6. The van der Waals surface area contributed by atoms with Gasteiger partial charge in [-0.3, -0.25) is 9.69 Å². The number of ether oxygens (including phenoxy) is 1. The minimum atomic E-state index is -2.97. The molecule has 1 fully saturated rings. The van der Waals surface area contributed by atoms with E-state index in [0.717, 1.165) is 16.9 Å². The van der Waals surface area contributed by atoms with Gasteiger partial charge in [0.1, 0.15) is 15.6 Å². The Morgan fingerprint density at radius 3 is 2.55 bits per heavy atom. The number of hydrogen-bond donors (Lipinski definition) is 0. The fourth-order valence-corrected chi connectivity index (χ4v) is 3.77. The normalized spacial score (nSPS) is 15.5. The summed E-state index contributed by atoms with van der Waals surface area (Å²) in [4.78, 5) is 16.5. The van der Waals surface area contributed by atoms with Crippen LogP contribution in [0.25, 0.3) is 0 Å². The van der Waals surface area contributed by atoms with Crippen molar-refractivity contribution < 1.29 is 17.9 Å². The van der Waals surface area contributed by atoms with E-state index >= 15 is 0 Å². The van der Waals surface area contributed by atoms with E-state index in [2.05, 4.69) is 10.00 Å². The summed E-state index contributed by atoms with van der Waals surface area (Å²) in [5, 5.41) is 4.35. The minimum Gasteiger partial charge on any atom is -0.471 e. The highest BCUT2D eigenvalue weighted by Crippen LogP contribution is 2.19. The van der Waals surface area contributed by atoms with Gasteiger partial charge in [0.25, 0.3) is 5.91 Å². The van der Waals surface area contributed by atoms with Gasteiger partial charge in [-0.1, -0.05) is 12.1 Å². The molecule has 2 heterocycles. The molecule has 0 aliphatic carbocycles. The van der Waals surface area contributed by atoms with Gasteiger partial charge in [0.05, 0.1) is 5.75 Å². The Hall–Kier alpha value is -2.39. The molecule has 1 aliphatic heterocycles. The van der Waals surface area contributed by atoms with Crippen LogP contribution in [0.2, 0.25) is 0 Å². The number of aryl methyl sites for hydroxylation is 2. The van der Waals surface area contributed by atoms with Crippen LogP contribution in [0.3, 0.4) is 0 Å². The lowest BCUT2D eigenvalue weighted by Gasteiger charge is -2.34. The van der Waals surface area contributed by atoms with Gasteiger partial charge in [-0.2, -0.15) is 5.10 Å². The first-order valence-electron chi connectivity index (χ1n) is 9.64. The van der Waals surface area contributed by atoms with Crippen molar-refractivity contribution >= 4 is 15.7 Å². The van der Waals surface area contributed by atoms with Gasteiger partial charge < -0.3 is 9.64 Å². The zero-order chi connectivity index (χ0) is 21.0. The van der Waals surface area contributed by atoms with E-state index in [1.54, 1.807) is 21.8 Å². The van der Waals surface area contributed by atoms with Crippen molar-refractivity contribution in [3.8, 4) is 5.75 Å². The largest absolute Gasteiger partial charge is 0.471 e. The van der Waals surface area contributed by atoms with Gasteiger partial charge in [-0.05, 0) is 37.1 Å². The van der Waals surface area contributed by atoms with Crippen LogP contribution in [0.1, 0.15) is 21.6 Å². The van der Waals surface area contributed by atoms with E-state index in [-0.39, 0.29) is 18.4 Å². The number of sulfone groups is 1. The molecule has 0 radical (unpaired) electrons. The predicted octanol–water partition coefficient (Wildman–Crippen LogP) is 1.34. The van der Waals surface area contributed by atoms with Crippen molar-refractivity contribution in [2.45, 2.75) is 20.6 Å². The molecule has 0 saturated carbocycles. The van der Waals surface area contributed by atoms with E-state index in [1.807, 2.05) is 32.0 Å². The SMILES string of the molecule is Cc1ccc(C)c(OCn2ccc(C(=O)N3CCN(CCS(C)(=O)=O)CC3)n2)c1. The summed E-state index contributed by atoms with van der Waals surface area (Å²) in [6, 6.07) is 7.73. The number of rotatable bonds is 7. The van der Waals surface area contributed by atoms with Crippen LogP contribution in [0.5, 0.6) is 5.75 Å². The average molecular weight is 421 g/mol. The quantitative estimate of drug-likeness (QED) is 0.672. The first kappa shape index (κ1) is 21.3. The summed E-state index contributed by atoms with van der Waals surface area (Å²) >= 11 is 0. The van der Waals surface area contributed by atoms with Gasteiger partial charge in [-0.25, -0.2) is 13.1 Å². The third kappa shape index (κ3) is 6.04. The highest BCUT2D eigenvalue weighted by molar-refractivity contribution is 7.90. The molecule has 9 heteroatoms. The van der Waals surface area contributed by atoms with E-state index in [1.165, 1.54) is 6.26 Å². The lowest BCUT2D eigenvalue weighted by Crippen LogP contribution is -2.49. The lowest BCUT2D eigenvalue weighted by atomic mass is 10.1. The lowest BCUT2D eigenvalue weighted by molar-refractivity contribution is 0.0636. The van der Waals surface area contributed by atoms with Crippen molar-refractivity contribution in [2.24, 2.45) is 0 Å². The van der Waals surface area contributed by atoms with Gasteiger partial charge in [0.15, 0.2) is 12.4 Å². The van der Waals surface area contributed by atoms with Crippen LogP contribution in [-0.4, -0.2) is 78.6 Å². The first-order chi connectivity index (χ1) is 13.7. The number of piperazine rings is 1. The standard InChI is InChI=1S/C20H28N4O4S/c1-16-4-5-17(2)19(14-16)28-15-24-7-6-18(21-24)20(25)23-10-8-22(9-11-23)12-13-29(3,26)27/h4-7,14H,8-13,15H2,1-3H3. The molecule has 158 valence electrons. The predicted molar refractivity (Wildman–Crippen MR) is 111 cm³/mol. The van der Waals surface area contributed by atoms with E-state index in [9.17, 15) is 13.2 Å². The number of benzene rings is 1. The minimum absolute atomic E-state index is 0.113. The maximum atomic E-state index is 12.7. The van der Waals surface area contributed by atoms with Crippen molar-refractivity contribution in [2.75, 3.05) is 44.7 Å². The molecule has 0 atom stereocenters. The van der Waals surface area contributed by atoms with Crippen molar-refractivity contribution in [1.82, 2.24) is 19.6 Å². The number of carbonyl (C=O) groups excluding carboxylic acids is 1. The van der Waals surface area contributed by atoms with Crippen molar-refractivity contribution in [1.29, 1.82) is 0 Å². The molecule has 0 spiro atoms. The fraction of sp³-hybridized carbons (Fsp3) is 0.500. The summed E-state index contributed by atoms with van der Waals surface area (Å²) in [5.41, 5.74) is 2.56. The Labute approximate surface area is 172 Å².